The van der Waals surface area contributed by atoms with Gasteiger partial charge in [0.05, 0.1) is 7.11 Å². The SMILES string of the molecule is CC(C)C.CCCC.CCCC.COc1cc(C)ccc1C. The molecule has 0 aliphatic rings. The first kappa shape index (κ1) is 25.9. The molecule has 0 saturated heterocycles. The van der Waals surface area contributed by atoms with E-state index < -0.39 is 0 Å². The maximum Gasteiger partial charge on any atom is 0.122 e. The van der Waals surface area contributed by atoms with Crippen LogP contribution in [0.1, 0.15) is 85.3 Å². The Labute approximate surface area is 141 Å². The fourth-order valence-electron chi connectivity index (χ4n) is 0.927. The lowest BCUT2D eigenvalue weighted by Crippen LogP contribution is -1.86. The van der Waals surface area contributed by atoms with Crippen LogP contribution >= 0.6 is 0 Å². The van der Waals surface area contributed by atoms with Crippen LogP contribution in [0.4, 0.5) is 0 Å². The number of aryl methyl sites for hydroxylation is 2. The second kappa shape index (κ2) is 20.0. The Balaban J connectivity index is -0.000000253. The molecule has 132 valence electrons. The van der Waals surface area contributed by atoms with E-state index in [2.05, 4.69) is 67.5 Å². The van der Waals surface area contributed by atoms with Crippen molar-refractivity contribution < 1.29 is 4.74 Å². The normalized spacial score (nSPS) is 8.68. The second-order valence-electron chi connectivity index (χ2n) is 6.21. The summed E-state index contributed by atoms with van der Waals surface area (Å²) in [7, 11) is 1.70. The zero-order chi connectivity index (χ0) is 18.0. The molecule has 0 amide bonds. The standard InChI is InChI=1S/C9H12O.3C4H10/c1-7-4-5-8(2)9(6-7)10-3;1-4(2)3;2*1-3-4-2/h4-6H,1-3H3;4H,1-3H3;2*3-4H2,1-2H3. The summed E-state index contributed by atoms with van der Waals surface area (Å²) in [6.07, 6.45) is 5.28. The maximum atomic E-state index is 5.13. The predicted octanol–water partition coefficient (Wildman–Crippen LogP) is 7.59. The molecule has 0 aliphatic heterocycles. The van der Waals surface area contributed by atoms with E-state index in [1.165, 1.54) is 36.8 Å². The minimum atomic E-state index is 0.833. The third kappa shape index (κ3) is 24.1. The Morgan fingerprint density at radius 1 is 0.818 bits per heavy atom. The molecule has 0 heterocycles. The Bertz CT molecular complexity index is 305. The second-order valence-corrected chi connectivity index (χ2v) is 6.21. The molecule has 0 fully saturated rings. The maximum absolute atomic E-state index is 5.13. The lowest BCUT2D eigenvalue weighted by atomic mass is 10.1. The molecule has 0 N–H and O–H groups in total. The van der Waals surface area contributed by atoms with E-state index >= 15 is 0 Å². The largest absolute Gasteiger partial charge is 0.496 e. The molecule has 1 rings (SSSR count). The van der Waals surface area contributed by atoms with Gasteiger partial charge in [-0.15, -0.1) is 0 Å². The van der Waals surface area contributed by atoms with E-state index in [1.807, 2.05) is 13.0 Å². The van der Waals surface area contributed by atoms with Gasteiger partial charge in [-0.3, -0.25) is 0 Å². The number of hydrogen-bond acceptors (Lipinski definition) is 1. The number of rotatable bonds is 3. The average molecular weight is 311 g/mol. The predicted molar refractivity (Wildman–Crippen MR) is 104 cm³/mol. The summed E-state index contributed by atoms with van der Waals surface area (Å²) in [6.45, 7) is 19.3. The van der Waals surface area contributed by atoms with E-state index in [0.29, 0.717) is 0 Å². The minimum absolute atomic E-state index is 0.833. The van der Waals surface area contributed by atoms with E-state index in [1.54, 1.807) is 7.11 Å². The first-order valence-corrected chi connectivity index (χ1v) is 8.91. The van der Waals surface area contributed by atoms with Gasteiger partial charge in [0.1, 0.15) is 5.75 Å². The Kier molecular flexibility index (Phi) is 23.6. The molecule has 1 aromatic carbocycles. The van der Waals surface area contributed by atoms with Crippen LogP contribution < -0.4 is 4.74 Å². The number of benzene rings is 1. The van der Waals surface area contributed by atoms with Crippen LogP contribution in [0.5, 0.6) is 5.75 Å². The fraction of sp³-hybridized carbons (Fsp3) is 0.714. The molecule has 0 spiro atoms. The van der Waals surface area contributed by atoms with Gasteiger partial charge < -0.3 is 4.74 Å². The van der Waals surface area contributed by atoms with Gasteiger partial charge in [-0.2, -0.15) is 0 Å². The topological polar surface area (TPSA) is 9.23 Å². The van der Waals surface area contributed by atoms with Crippen LogP contribution in [0.25, 0.3) is 0 Å². The van der Waals surface area contributed by atoms with Gasteiger partial charge >= 0.3 is 0 Å². The zero-order valence-corrected chi connectivity index (χ0v) is 17.0. The van der Waals surface area contributed by atoms with Gasteiger partial charge in [0, 0.05) is 0 Å². The van der Waals surface area contributed by atoms with Gasteiger partial charge in [-0.1, -0.05) is 86.3 Å². The van der Waals surface area contributed by atoms with Gasteiger partial charge in [0.25, 0.3) is 0 Å². The van der Waals surface area contributed by atoms with Crippen LogP contribution in [0.2, 0.25) is 0 Å². The van der Waals surface area contributed by atoms with Crippen molar-refractivity contribution in [1.29, 1.82) is 0 Å². The average Bonchev–Trinajstić information content (AvgIpc) is 2.49. The molecule has 22 heavy (non-hydrogen) atoms. The lowest BCUT2D eigenvalue weighted by molar-refractivity contribution is 0.411. The van der Waals surface area contributed by atoms with Crippen molar-refractivity contribution >= 4 is 0 Å². The van der Waals surface area contributed by atoms with Crippen molar-refractivity contribution in [2.45, 2.75) is 88.0 Å². The number of unbranched alkanes of at least 4 members (excludes halogenated alkanes) is 2. The summed E-state index contributed by atoms with van der Waals surface area (Å²) in [5.74, 6) is 1.81. The monoisotopic (exact) mass is 310 g/mol. The van der Waals surface area contributed by atoms with Gasteiger partial charge in [-0.25, -0.2) is 0 Å². The molecule has 1 heteroatoms. The van der Waals surface area contributed by atoms with E-state index in [-0.39, 0.29) is 0 Å². The van der Waals surface area contributed by atoms with E-state index in [4.69, 9.17) is 4.74 Å². The highest BCUT2D eigenvalue weighted by atomic mass is 16.5. The molecule has 0 unspecified atom stereocenters. The highest BCUT2D eigenvalue weighted by Crippen LogP contribution is 2.17. The number of hydrogen-bond donors (Lipinski definition) is 0. The molecule has 0 atom stereocenters. The Hall–Kier alpha value is -0.980. The molecule has 0 aromatic heterocycles. The van der Waals surface area contributed by atoms with Crippen LogP contribution in [0, 0.1) is 19.8 Å². The summed E-state index contributed by atoms with van der Waals surface area (Å²) in [5, 5.41) is 0. The highest BCUT2D eigenvalue weighted by Gasteiger charge is 1.94. The van der Waals surface area contributed by atoms with Crippen LogP contribution in [-0.2, 0) is 0 Å². The molecule has 0 radical (unpaired) electrons. The Morgan fingerprint density at radius 2 is 1.18 bits per heavy atom. The summed E-state index contributed by atoms with van der Waals surface area (Å²) in [5.41, 5.74) is 2.43. The molecule has 0 aliphatic carbocycles. The third-order valence-electron chi connectivity index (χ3n) is 2.56. The smallest absolute Gasteiger partial charge is 0.122 e. The molecule has 1 nitrogen and oxygen atoms in total. The number of methoxy groups -OCH3 is 1. The summed E-state index contributed by atoms with van der Waals surface area (Å²) in [6, 6.07) is 6.18. The molecule has 0 bridgehead atoms. The number of ether oxygens (including phenoxy) is 1. The summed E-state index contributed by atoms with van der Waals surface area (Å²) < 4.78 is 5.13. The molecule has 0 saturated carbocycles. The quantitative estimate of drug-likeness (QED) is 0.559. The first-order chi connectivity index (χ1) is 10.3. The minimum Gasteiger partial charge on any atom is -0.496 e. The zero-order valence-electron chi connectivity index (χ0n) is 17.0. The third-order valence-corrected chi connectivity index (χ3v) is 2.56. The van der Waals surface area contributed by atoms with E-state index in [0.717, 1.165) is 11.7 Å². The first-order valence-electron chi connectivity index (χ1n) is 8.91. The van der Waals surface area contributed by atoms with Crippen LogP contribution in [-0.4, -0.2) is 7.11 Å². The van der Waals surface area contributed by atoms with Crippen molar-refractivity contribution in [1.82, 2.24) is 0 Å². The van der Waals surface area contributed by atoms with Gasteiger partial charge in [0.15, 0.2) is 0 Å². The Morgan fingerprint density at radius 3 is 1.41 bits per heavy atom. The highest BCUT2D eigenvalue weighted by molar-refractivity contribution is 5.35. The van der Waals surface area contributed by atoms with Gasteiger partial charge in [-0.05, 0) is 37.0 Å². The van der Waals surface area contributed by atoms with Crippen molar-refractivity contribution in [2.24, 2.45) is 5.92 Å². The van der Waals surface area contributed by atoms with Crippen molar-refractivity contribution in [3.05, 3.63) is 29.3 Å². The summed E-state index contributed by atoms with van der Waals surface area (Å²) in [4.78, 5) is 0. The fourth-order valence-corrected chi connectivity index (χ4v) is 0.927. The van der Waals surface area contributed by atoms with Gasteiger partial charge in [0.2, 0.25) is 0 Å². The molecular weight excluding hydrogens is 268 g/mol. The summed E-state index contributed by atoms with van der Waals surface area (Å²) >= 11 is 0. The van der Waals surface area contributed by atoms with Crippen molar-refractivity contribution in [3.63, 3.8) is 0 Å². The van der Waals surface area contributed by atoms with Crippen molar-refractivity contribution in [2.75, 3.05) is 7.11 Å². The molecular formula is C21H42O. The molecule has 1 aromatic rings. The van der Waals surface area contributed by atoms with E-state index in [9.17, 15) is 0 Å². The van der Waals surface area contributed by atoms with Crippen LogP contribution in [0.15, 0.2) is 18.2 Å². The lowest BCUT2D eigenvalue weighted by Gasteiger charge is -2.03. The van der Waals surface area contributed by atoms with Crippen molar-refractivity contribution in [3.8, 4) is 5.75 Å². The van der Waals surface area contributed by atoms with Crippen LogP contribution in [0.3, 0.4) is 0 Å².